The van der Waals surface area contributed by atoms with Gasteiger partial charge < -0.3 is 20.4 Å². The molecule has 2 aromatic heterocycles. The first kappa shape index (κ1) is 26.1. The molecule has 3 atom stereocenters. The van der Waals surface area contributed by atoms with Crippen molar-refractivity contribution < 1.29 is 36.5 Å². The summed E-state index contributed by atoms with van der Waals surface area (Å²) in [6.07, 6.45) is 2.35. The Hall–Kier alpha value is -3.54. The van der Waals surface area contributed by atoms with Crippen LogP contribution in [-0.2, 0) is 14.3 Å². The predicted molar refractivity (Wildman–Crippen MR) is 130 cm³/mol. The fourth-order valence-corrected chi connectivity index (χ4v) is 5.49. The van der Waals surface area contributed by atoms with E-state index in [1.165, 1.54) is 30.7 Å². The largest absolute Gasteiger partial charge is 0.573 e. The first-order valence-corrected chi connectivity index (χ1v) is 12.4. The van der Waals surface area contributed by atoms with Gasteiger partial charge in [-0.1, -0.05) is 6.08 Å². The Labute approximate surface area is 215 Å². The molecule has 12 heteroatoms. The summed E-state index contributed by atoms with van der Waals surface area (Å²) in [5.74, 6) is -2.61. The van der Waals surface area contributed by atoms with Crippen LogP contribution in [0.4, 0.5) is 17.6 Å². The highest BCUT2D eigenvalue weighted by Gasteiger charge is 2.46. The minimum absolute atomic E-state index is 0.178. The number of carbonyl (C=O) groups is 2. The summed E-state index contributed by atoms with van der Waals surface area (Å²) >= 11 is 0. The molecule has 2 aliphatic heterocycles. The van der Waals surface area contributed by atoms with Crippen molar-refractivity contribution in [2.24, 2.45) is 5.92 Å². The van der Waals surface area contributed by atoms with Crippen molar-refractivity contribution in [3.8, 4) is 0 Å². The highest BCUT2D eigenvalue weighted by Crippen LogP contribution is 2.36. The van der Waals surface area contributed by atoms with Gasteiger partial charge in [-0.15, -0.1) is 13.2 Å². The molecule has 4 heterocycles. The Morgan fingerprint density at radius 3 is 2.63 bits per heavy atom. The molecular weight excluding hydrogens is 506 g/mol. The van der Waals surface area contributed by atoms with E-state index in [0.717, 1.165) is 36.3 Å². The fourth-order valence-electron chi connectivity index (χ4n) is 5.49. The van der Waals surface area contributed by atoms with E-state index in [9.17, 15) is 22.8 Å². The van der Waals surface area contributed by atoms with Gasteiger partial charge in [-0.05, 0) is 25.1 Å². The lowest BCUT2D eigenvalue weighted by Gasteiger charge is -2.34. The zero-order valence-corrected chi connectivity index (χ0v) is 20.9. The number of pyridine rings is 1. The fraction of sp³-hybridized carbons (Fsp3) is 0.462. The van der Waals surface area contributed by atoms with E-state index in [0.29, 0.717) is 30.0 Å². The third kappa shape index (κ3) is 5.09. The molecule has 0 radical (unpaired) electrons. The molecule has 0 bridgehead atoms. The zero-order chi connectivity index (χ0) is 27.2. The quantitative estimate of drug-likeness (QED) is 0.404. The normalized spacial score (nSPS) is 25.9. The van der Waals surface area contributed by atoms with Gasteiger partial charge in [0.15, 0.2) is 6.54 Å². The van der Waals surface area contributed by atoms with Gasteiger partial charge in [0.2, 0.25) is 5.91 Å². The average molecular weight is 535 g/mol. The number of carbonyl (C=O) groups excluding carboxylic acids is 2. The molecule has 2 aromatic rings. The van der Waals surface area contributed by atoms with Crippen LogP contribution in [0.25, 0.3) is 11.0 Å². The number of amides is 2. The maximum atomic E-state index is 15.0. The topological polar surface area (TPSA) is 99.1 Å². The number of rotatable bonds is 5. The standard InChI is InChI=1S/C26H27F4N5O3/c1-14(36)34-25(2)10-17(38-26(28,29)30)3-4-19(25)24(37)35-7-5-15(6-8-35)22-18-9-21(16-11-31-12-16)33-23(18)32-13-20(22)27/h3-4,7,9-10,13,15-16,19,31H,5-6,8,11-12H2,1-2H3,(H-,32,33,34,36)/p+1. The van der Waals surface area contributed by atoms with E-state index in [4.69, 9.17) is 0 Å². The van der Waals surface area contributed by atoms with Gasteiger partial charge in [0.1, 0.15) is 29.4 Å². The van der Waals surface area contributed by atoms with Crippen LogP contribution < -0.4 is 10.6 Å². The molecule has 1 saturated heterocycles. The van der Waals surface area contributed by atoms with Crippen LogP contribution in [-0.4, -0.2) is 64.1 Å². The number of aromatic amines is 1. The van der Waals surface area contributed by atoms with E-state index in [-0.39, 0.29) is 18.4 Å². The van der Waals surface area contributed by atoms with Crippen molar-refractivity contribution in [3.05, 3.63) is 53.3 Å². The van der Waals surface area contributed by atoms with Gasteiger partial charge in [0, 0.05) is 61.3 Å². The molecule has 0 spiro atoms. The third-order valence-corrected chi connectivity index (χ3v) is 7.40. The molecule has 5 rings (SSSR count). The monoisotopic (exact) mass is 534 g/mol. The highest BCUT2D eigenvalue weighted by molar-refractivity contribution is 5.84. The number of halogens is 4. The average Bonchev–Trinajstić information content (AvgIpc) is 3.19. The molecule has 0 saturated carbocycles. The molecule has 0 aromatic carbocycles. The maximum Gasteiger partial charge on any atom is 0.573 e. The van der Waals surface area contributed by atoms with E-state index in [1.807, 2.05) is 6.07 Å². The molecule has 38 heavy (non-hydrogen) atoms. The van der Waals surface area contributed by atoms with Gasteiger partial charge in [-0.3, -0.25) is 4.79 Å². The van der Waals surface area contributed by atoms with E-state index >= 15 is 4.39 Å². The Morgan fingerprint density at radius 2 is 2.03 bits per heavy atom. The van der Waals surface area contributed by atoms with Crippen LogP contribution in [0.2, 0.25) is 0 Å². The highest BCUT2D eigenvalue weighted by atomic mass is 19.4. The summed E-state index contributed by atoms with van der Waals surface area (Å²) in [4.78, 5) is 32.9. The number of nitrogens with zero attached hydrogens (tertiary/aromatic N) is 2. The number of hydrogen-bond acceptors (Lipinski definition) is 5. The maximum absolute atomic E-state index is 15.0. The molecule has 2 amide bonds. The zero-order valence-electron chi connectivity index (χ0n) is 20.9. The molecule has 202 valence electrons. The van der Waals surface area contributed by atoms with E-state index in [1.54, 1.807) is 6.21 Å². The van der Waals surface area contributed by atoms with E-state index in [2.05, 4.69) is 25.3 Å². The molecule has 1 aliphatic carbocycles. The molecule has 1 fully saturated rings. The number of allylic oxidation sites excluding steroid dienone is 1. The van der Waals surface area contributed by atoms with Crippen molar-refractivity contribution in [1.82, 2.24) is 20.6 Å². The second kappa shape index (κ2) is 9.64. The summed E-state index contributed by atoms with van der Waals surface area (Å²) in [5.41, 5.74) is 0.761. The van der Waals surface area contributed by atoms with Crippen molar-refractivity contribution >= 4 is 29.1 Å². The van der Waals surface area contributed by atoms with Crippen molar-refractivity contribution in [2.45, 2.75) is 50.4 Å². The number of aromatic nitrogens is 2. The summed E-state index contributed by atoms with van der Waals surface area (Å²) < 4.78 is 58.8. The summed E-state index contributed by atoms with van der Waals surface area (Å²) in [7, 11) is 0. The second-order valence-corrected chi connectivity index (χ2v) is 10.2. The van der Waals surface area contributed by atoms with Crippen molar-refractivity contribution in [1.29, 1.82) is 0 Å². The van der Waals surface area contributed by atoms with Crippen LogP contribution in [0, 0.1) is 11.7 Å². The lowest BCUT2D eigenvalue weighted by Crippen LogP contribution is -2.54. The summed E-state index contributed by atoms with van der Waals surface area (Å²) in [5, 5.41) is 6.54. The number of alkyl halides is 3. The van der Waals surface area contributed by atoms with Gasteiger partial charge in [-0.2, -0.15) is 4.58 Å². The van der Waals surface area contributed by atoms with E-state index < -0.39 is 35.3 Å². The number of ether oxygens (including phenoxy) is 1. The summed E-state index contributed by atoms with van der Waals surface area (Å²) in [6.45, 7) is 4.68. The van der Waals surface area contributed by atoms with Gasteiger partial charge in [-0.25, -0.2) is 14.2 Å². The van der Waals surface area contributed by atoms with Crippen molar-refractivity contribution in [3.63, 3.8) is 0 Å². The predicted octanol–water partition coefficient (Wildman–Crippen LogP) is 3.38. The smallest absolute Gasteiger partial charge is 0.406 e. The number of H-pyrrole nitrogens is 1. The van der Waals surface area contributed by atoms with Gasteiger partial charge in [0.05, 0.1) is 11.7 Å². The van der Waals surface area contributed by atoms with Crippen LogP contribution >= 0.6 is 0 Å². The van der Waals surface area contributed by atoms with Crippen LogP contribution in [0.1, 0.15) is 49.8 Å². The lowest BCUT2D eigenvalue weighted by molar-refractivity contribution is -0.454. The summed E-state index contributed by atoms with van der Waals surface area (Å²) in [6, 6.07) is 1.96. The first-order chi connectivity index (χ1) is 17.9. The number of hydrogen-bond donors (Lipinski definition) is 3. The van der Waals surface area contributed by atoms with Crippen LogP contribution in [0.5, 0.6) is 0 Å². The number of nitrogens with one attached hydrogen (secondary N) is 3. The molecule has 3 unspecified atom stereocenters. The van der Waals surface area contributed by atoms with Gasteiger partial charge in [0.25, 0.3) is 0 Å². The Bertz CT molecular complexity index is 1370. The van der Waals surface area contributed by atoms with Crippen LogP contribution in [0.15, 0.2) is 36.3 Å². The molecular formula is C26H28F4N5O3+. The first-order valence-electron chi connectivity index (χ1n) is 12.4. The Kier molecular flexibility index (Phi) is 6.62. The lowest BCUT2D eigenvalue weighted by atomic mass is 9.80. The minimum Gasteiger partial charge on any atom is -0.406 e. The van der Waals surface area contributed by atoms with Crippen LogP contribution in [0.3, 0.4) is 0 Å². The molecule has 8 nitrogen and oxygen atoms in total. The Balaban J connectivity index is 1.37. The molecule has 3 aliphatic rings. The minimum atomic E-state index is -4.91. The third-order valence-electron chi connectivity index (χ3n) is 7.40. The SMILES string of the molecule is CC(=O)NC1(C)C=C(OC(F)(F)F)C=CC1C(=O)[N+]1=CCC(c2c(F)cnc3[nH]c(C4CNC4)cc23)CC1. The van der Waals surface area contributed by atoms with Crippen molar-refractivity contribution in [2.75, 3.05) is 19.6 Å². The second-order valence-electron chi connectivity index (χ2n) is 10.2. The number of fused-ring (bicyclic) bond motifs is 1. The Morgan fingerprint density at radius 1 is 1.26 bits per heavy atom. The van der Waals surface area contributed by atoms with Gasteiger partial charge >= 0.3 is 12.3 Å². The molecule has 3 N–H and O–H groups in total.